The summed E-state index contributed by atoms with van der Waals surface area (Å²) in [5, 5.41) is 0. The van der Waals surface area contributed by atoms with Gasteiger partial charge in [-0.2, -0.15) is 0 Å². The molecular formula is C15H22N2O. The fourth-order valence-electron chi connectivity index (χ4n) is 1.86. The fraction of sp³-hybridized carbons (Fsp3) is 0.400. The number of nitrogens with two attached hydrogens (primary N) is 1. The van der Waals surface area contributed by atoms with Crippen molar-refractivity contribution in [3.8, 4) is 0 Å². The Hall–Kier alpha value is -1.61. The molecule has 0 aliphatic rings. The minimum absolute atomic E-state index is 0.0195. The maximum Gasteiger partial charge on any atom is 0.239 e. The molecule has 0 fully saturated rings. The average Bonchev–Trinajstić information content (AvgIpc) is 2.35. The maximum absolute atomic E-state index is 12.0. The number of hydrogen-bond donors (Lipinski definition) is 1. The normalized spacial score (nSPS) is 11.9. The van der Waals surface area contributed by atoms with Crippen molar-refractivity contribution in [2.75, 3.05) is 13.6 Å². The van der Waals surface area contributed by atoms with Gasteiger partial charge in [0.05, 0.1) is 6.04 Å². The standard InChI is InChI=1S/C15H22N2O/c1-12(2)11-17(3)15(18)14(16)10-9-13-7-5-4-6-8-13/h4-8,14H,1,9-11,16H2,2-3H3. The van der Waals surface area contributed by atoms with Crippen molar-refractivity contribution in [2.45, 2.75) is 25.8 Å². The second kappa shape index (κ2) is 6.97. The molecule has 0 heterocycles. The molecule has 1 amide bonds. The lowest BCUT2D eigenvalue weighted by Gasteiger charge is -2.21. The van der Waals surface area contributed by atoms with E-state index >= 15 is 0 Å². The van der Waals surface area contributed by atoms with Crippen LogP contribution in [0.25, 0.3) is 0 Å². The predicted molar refractivity (Wildman–Crippen MR) is 75.2 cm³/mol. The largest absolute Gasteiger partial charge is 0.340 e. The lowest BCUT2D eigenvalue weighted by atomic mass is 10.0. The molecule has 0 saturated heterocycles. The average molecular weight is 246 g/mol. The third-order valence-electron chi connectivity index (χ3n) is 2.79. The topological polar surface area (TPSA) is 46.3 Å². The van der Waals surface area contributed by atoms with Crippen LogP contribution in [0.5, 0.6) is 0 Å². The van der Waals surface area contributed by atoms with Gasteiger partial charge < -0.3 is 10.6 Å². The Morgan fingerprint density at radius 2 is 2.00 bits per heavy atom. The van der Waals surface area contributed by atoms with Gasteiger partial charge in [-0.15, -0.1) is 0 Å². The lowest BCUT2D eigenvalue weighted by Crippen LogP contribution is -2.42. The van der Waals surface area contributed by atoms with Gasteiger partial charge in [0.25, 0.3) is 0 Å². The Balaban J connectivity index is 2.43. The van der Waals surface area contributed by atoms with Gasteiger partial charge in [0, 0.05) is 13.6 Å². The summed E-state index contributed by atoms with van der Waals surface area (Å²) in [6.07, 6.45) is 1.50. The van der Waals surface area contributed by atoms with Crippen molar-refractivity contribution in [3.05, 3.63) is 48.0 Å². The van der Waals surface area contributed by atoms with Crippen LogP contribution in [0.2, 0.25) is 0 Å². The van der Waals surface area contributed by atoms with Gasteiger partial charge in [-0.25, -0.2) is 0 Å². The van der Waals surface area contributed by atoms with Crippen molar-refractivity contribution >= 4 is 5.91 Å². The Kier molecular flexibility index (Phi) is 5.59. The summed E-state index contributed by atoms with van der Waals surface area (Å²) in [6.45, 7) is 6.27. The Bertz CT molecular complexity index is 400. The molecular weight excluding hydrogens is 224 g/mol. The number of likely N-dealkylation sites (N-methyl/N-ethyl adjacent to an activating group) is 1. The van der Waals surface area contributed by atoms with Gasteiger partial charge in [-0.3, -0.25) is 4.79 Å². The molecule has 98 valence electrons. The number of amides is 1. The molecule has 1 rings (SSSR count). The highest BCUT2D eigenvalue weighted by Gasteiger charge is 2.17. The molecule has 0 aliphatic heterocycles. The van der Waals surface area contributed by atoms with E-state index in [9.17, 15) is 4.79 Å². The van der Waals surface area contributed by atoms with Crippen LogP contribution >= 0.6 is 0 Å². The highest BCUT2D eigenvalue weighted by atomic mass is 16.2. The first kappa shape index (κ1) is 14.5. The van der Waals surface area contributed by atoms with Crippen LogP contribution in [0.1, 0.15) is 18.9 Å². The Labute approximate surface area is 109 Å². The minimum atomic E-state index is -0.436. The van der Waals surface area contributed by atoms with E-state index in [4.69, 9.17) is 5.73 Å². The zero-order valence-corrected chi connectivity index (χ0v) is 11.2. The van der Waals surface area contributed by atoms with Gasteiger partial charge in [0.1, 0.15) is 0 Å². The van der Waals surface area contributed by atoms with Crippen LogP contribution in [0.3, 0.4) is 0 Å². The van der Waals surface area contributed by atoms with E-state index in [0.29, 0.717) is 13.0 Å². The van der Waals surface area contributed by atoms with Gasteiger partial charge in [-0.1, -0.05) is 42.5 Å². The quantitative estimate of drug-likeness (QED) is 0.780. The number of benzene rings is 1. The molecule has 1 atom stereocenters. The molecule has 18 heavy (non-hydrogen) atoms. The van der Waals surface area contributed by atoms with E-state index in [1.807, 2.05) is 25.1 Å². The van der Waals surface area contributed by atoms with E-state index in [1.165, 1.54) is 5.56 Å². The van der Waals surface area contributed by atoms with Crippen molar-refractivity contribution in [1.29, 1.82) is 0 Å². The first-order valence-corrected chi connectivity index (χ1v) is 6.19. The number of nitrogens with zero attached hydrogens (tertiary/aromatic N) is 1. The minimum Gasteiger partial charge on any atom is -0.340 e. The maximum atomic E-state index is 12.0. The van der Waals surface area contributed by atoms with Crippen LogP contribution in [0.4, 0.5) is 0 Å². The molecule has 0 spiro atoms. The fourth-order valence-corrected chi connectivity index (χ4v) is 1.86. The number of carbonyl (C=O) groups is 1. The van der Waals surface area contributed by atoms with Crippen molar-refractivity contribution in [3.63, 3.8) is 0 Å². The highest BCUT2D eigenvalue weighted by molar-refractivity contribution is 5.81. The van der Waals surface area contributed by atoms with Gasteiger partial charge in [0.2, 0.25) is 5.91 Å². The van der Waals surface area contributed by atoms with Crippen LogP contribution in [-0.4, -0.2) is 30.4 Å². The molecule has 1 unspecified atom stereocenters. The zero-order valence-electron chi connectivity index (χ0n) is 11.2. The number of rotatable bonds is 6. The summed E-state index contributed by atoms with van der Waals surface area (Å²) in [6, 6.07) is 9.64. The Morgan fingerprint density at radius 1 is 1.39 bits per heavy atom. The smallest absolute Gasteiger partial charge is 0.239 e. The van der Waals surface area contributed by atoms with Gasteiger partial charge in [-0.05, 0) is 25.3 Å². The second-order valence-electron chi connectivity index (χ2n) is 4.78. The van der Waals surface area contributed by atoms with Crippen LogP contribution < -0.4 is 5.73 Å². The highest BCUT2D eigenvalue weighted by Crippen LogP contribution is 2.06. The zero-order chi connectivity index (χ0) is 13.5. The molecule has 0 saturated carbocycles. The molecule has 0 radical (unpaired) electrons. The van der Waals surface area contributed by atoms with Crippen molar-refractivity contribution < 1.29 is 4.79 Å². The first-order valence-electron chi connectivity index (χ1n) is 6.19. The molecule has 1 aromatic rings. The molecule has 1 aromatic carbocycles. The Morgan fingerprint density at radius 3 is 2.56 bits per heavy atom. The molecule has 0 bridgehead atoms. The summed E-state index contributed by atoms with van der Waals surface area (Å²) in [5.41, 5.74) is 8.09. The molecule has 0 aliphatic carbocycles. The van der Waals surface area contributed by atoms with E-state index < -0.39 is 6.04 Å². The van der Waals surface area contributed by atoms with E-state index in [1.54, 1.807) is 11.9 Å². The van der Waals surface area contributed by atoms with Crippen molar-refractivity contribution in [2.24, 2.45) is 5.73 Å². The van der Waals surface area contributed by atoms with Crippen LogP contribution in [-0.2, 0) is 11.2 Å². The summed E-state index contributed by atoms with van der Waals surface area (Å²) >= 11 is 0. The predicted octanol–water partition coefficient (Wildman–Crippen LogP) is 1.98. The lowest BCUT2D eigenvalue weighted by molar-refractivity contribution is -0.131. The third-order valence-corrected chi connectivity index (χ3v) is 2.79. The first-order chi connectivity index (χ1) is 8.50. The summed E-state index contributed by atoms with van der Waals surface area (Å²) in [4.78, 5) is 13.6. The van der Waals surface area contributed by atoms with Crippen LogP contribution in [0.15, 0.2) is 42.5 Å². The second-order valence-corrected chi connectivity index (χ2v) is 4.78. The summed E-state index contributed by atoms with van der Waals surface area (Å²) in [5.74, 6) is -0.0195. The van der Waals surface area contributed by atoms with Gasteiger partial charge in [0.15, 0.2) is 0 Å². The van der Waals surface area contributed by atoms with E-state index in [-0.39, 0.29) is 5.91 Å². The summed E-state index contributed by atoms with van der Waals surface area (Å²) < 4.78 is 0. The third kappa shape index (κ3) is 4.72. The molecule has 3 nitrogen and oxygen atoms in total. The number of aryl methyl sites for hydroxylation is 1. The SMILES string of the molecule is C=C(C)CN(C)C(=O)C(N)CCc1ccccc1. The number of hydrogen-bond acceptors (Lipinski definition) is 2. The molecule has 3 heteroatoms. The molecule has 2 N–H and O–H groups in total. The molecule has 0 aromatic heterocycles. The summed E-state index contributed by atoms with van der Waals surface area (Å²) in [7, 11) is 1.76. The monoisotopic (exact) mass is 246 g/mol. The van der Waals surface area contributed by atoms with Crippen molar-refractivity contribution in [1.82, 2.24) is 4.90 Å². The van der Waals surface area contributed by atoms with Gasteiger partial charge >= 0.3 is 0 Å². The van der Waals surface area contributed by atoms with E-state index in [2.05, 4.69) is 18.7 Å². The van der Waals surface area contributed by atoms with Crippen LogP contribution in [0, 0.1) is 0 Å². The number of carbonyl (C=O) groups excluding carboxylic acids is 1. The van der Waals surface area contributed by atoms with E-state index in [0.717, 1.165) is 12.0 Å².